The summed E-state index contributed by atoms with van der Waals surface area (Å²) >= 11 is 6.14. The summed E-state index contributed by atoms with van der Waals surface area (Å²) in [4.78, 5) is 35.5. The van der Waals surface area contributed by atoms with Crippen molar-refractivity contribution >= 4 is 40.8 Å². The van der Waals surface area contributed by atoms with Gasteiger partial charge in [0.1, 0.15) is 6.42 Å². The number of esters is 1. The molecule has 0 fully saturated rings. The van der Waals surface area contributed by atoms with E-state index in [0.29, 0.717) is 16.4 Å². The van der Waals surface area contributed by atoms with E-state index >= 15 is 0 Å². The number of halogens is 1. The van der Waals surface area contributed by atoms with Crippen LogP contribution < -0.4 is 10.6 Å². The zero-order valence-corrected chi connectivity index (χ0v) is 16.1. The molecule has 0 aliphatic carbocycles. The second-order valence-corrected chi connectivity index (χ2v) is 6.43. The van der Waals surface area contributed by atoms with Crippen LogP contribution in [-0.2, 0) is 14.3 Å². The fraction of sp³-hybridized carbons (Fsp3) is 0.200. The SMILES string of the molecule is Cc1cc(C)c(NC(=O)COC(=O)c2ccc(NC(=O)CC#N)cc2)c(Cl)c1. The summed E-state index contributed by atoms with van der Waals surface area (Å²) in [6.07, 6.45) is -0.261. The van der Waals surface area contributed by atoms with Crippen molar-refractivity contribution in [2.75, 3.05) is 17.2 Å². The number of carbonyl (C=O) groups is 3. The Morgan fingerprint density at radius 1 is 1.07 bits per heavy atom. The molecule has 2 aromatic rings. The molecule has 28 heavy (non-hydrogen) atoms. The highest BCUT2D eigenvalue weighted by molar-refractivity contribution is 6.34. The highest BCUT2D eigenvalue weighted by atomic mass is 35.5. The number of rotatable bonds is 6. The van der Waals surface area contributed by atoms with E-state index in [1.54, 1.807) is 12.1 Å². The normalized spacial score (nSPS) is 9.93. The Morgan fingerprint density at radius 3 is 2.36 bits per heavy atom. The first kappa shape index (κ1) is 20.9. The fourth-order valence-electron chi connectivity index (χ4n) is 2.43. The smallest absolute Gasteiger partial charge is 0.338 e. The molecule has 8 heteroatoms. The Morgan fingerprint density at radius 2 is 1.75 bits per heavy atom. The lowest BCUT2D eigenvalue weighted by Gasteiger charge is -2.12. The van der Waals surface area contributed by atoms with Crippen LogP contribution in [0.3, 0.4) is 0 Å². The summed E-state index contributed by atoms with van der Waals surface area (Å²) in [5.41, 5.74) is 2.92. The van der Waals surface area contributed by atoms with Crippen molar-refractivity contribution in [1.29, 1.82) is 5.26 Å². The van der Waals surface area contributed by atoms with Crippen LogP contribution in [0.25, 0.3) is 0 Å². The summed E-state index contributed by atoms with van der Waals surface area (Å²) in [5.74, 6) is -1.64. The molecule has 0 spiro atoms. The molecule has 0 bridgehead atoms. The summed E-state index contributed by atoms with van der Waals surface area (Å²) in [5, 5.41) is 14.0. The van der Waals surface area contributed by atoms with Gasteiger partial charge < -0.3 is 15.4 Å². The van der Waals surface area contributed by atoms with E-state index in [1.807, 2.05) is 19.9 Å². The average molecular weight is 400 g/mol. The van der Waals surface area contributed by atoms with Crippen LogP contribution in [0, 0.1) is 25.2 Å². The summed E-state index contributed by atoms with van der Waals surface area (Å²) in [6, 6.07) is 11.2. The van der Waals surface area contributed by atoms with Gasteiger partial charge in [-0.2, -0.15) is 5.26 Å². The maximum atomic E-state index is 12.1. The zero-order valence-electron chi connectivity index (χ0n) is 15.3. The molecule has 0 aliphatic rings. The number of nitrogens with one attached hydrogen (secondary N) is 2. The van der Waals surface area contributed by atoms with Crippen molar-refractivity contribution in [3.8, 4) is 6.07 Å². The zero-order chi connectivity index (χ0) is 20.7. The van der Waals surface area contributed by atoms with Gasteiger partial charge in [0.25, 0.3) is 5.91 Å². The number of anilines is 2. The third-order valence-electron chi connectivity index (χ3n) is 3.67. The van der Waals surface area contributed by atoms with Gasteiger partial charge in [0.2, 0.25) is 5.91 Å². The molecule has 2 amide bonds. The molecule has 7 nitrogen and oxygen atoms in total. The van der Waals surface area contributed by atoms with Crippen LogP contribution in [0.1, 0.15) is 27.9 Å². The molecule has 0 unspecified atom stereocenters. The Balaban J connectivity index is 1.90. The molecule has 0 atom stereocenters. The number of nitriles is 1. The second kappa shape index (κ2) is 9.53. The Kier molecular flexibility index (Phi) is 7.13. The van der Waals surface area contributed by atoms with E-state index in [0.717, 1.165) is 11.1 Å². The fourth-order valence-corrected chi connectivity index (χ4v) is 2.80. The van der Waals surface area contributed by atoms with Crippen LogP contribution in [0.2, 0.25) is 5.02 Å². The first-order chi connectivity index (χ1) is 13.3. The van der Waals surface area contributed by atoms with E-state index < -0.39 is 24.4 Å². The number of benzene rings is 2. The molecule has 0 heterocycles. The predicted octanol–water partition coefficient (Wildman–Crippen LogP) is 3.60. The molecule has 0 aromatic heterocycles. The molecule has 2 aromatic carbocycles. The van der Waals surface area contributed by atoms with Crippen LogP contribution in [-0.4, -0.2) is 24.4 Å². The van der Waals surface area contributed by atoms with Crippen LogP contribution in [0.4, 0.5) is 11.4 Å². The van der Waals surface area contributed by atoms with Gasteiger partial charge in [-0.1, -0.05) is 17.7 Å². The third kappa shape index (κ3) is 5.83. The standard InChI is InChI=1S/C20H18ClN3O4/c1-12-9-13(2)19(16(21)10-12)24-18(26)11-28-20(27)14-3-5-15(6-4-14)23-17(25)7-8-22/h3-6,9-10H,7,11H2,1-2H3,(H,23,25)(H,24,26). The lowest BCUT2D eigenvalue weighted by molar-refractivity contribution is -0.119. The van der Waals surface area contributed by atoms with Crippen molar-refractivity contribution in [2.45, 2.75) is 20.3 Å². The highest BCUT2D eigenvalue weighted by Crippen LogP contribution is 2.27. The van der Waals surface area contributed by atoms with Crippen molar-refractivity contribution < 1.29 is 19.1 Å². The number of ether oxygens (including phenoxy) is 1. The topological polar surface area (TPSA) is 108 Å². The minimum absolute atomic E-state index is 0.218. The lowest BCUT2D eigenvalue weighted by atomic mass is 10.1. The van der Waals surface area contributed by atoms with Crippen molar-refractivity contribution in [3.05, 3.63) is 58.1 Å². The molecule has 0 aliphatic heterocycles. The predicted molar refractivity (Wildman–Crippen MR) is 105 cm³/mol. The van der Waals surface area contributed by atoms with Crippen molar-refractivity contribution in [2.24, 2.45) is 0 Å². The molecule has 0 radical (unpaired) electrons. The van der Waals surface area contributed by atoms with Crippen LogP contribution >= 0.6 is 11.6 Å². The highest BCUT2D eigenvalue weighted by Gasteiger charge is 2.13. The van der Waals surface area contributed by atoms with Gasteiger partial charge in [0, 0.05) is 5.69 Å². The first-order valence-electron chi connectivity index (χ1n) is 8.30. The number of hydrogen-bond acceptors (Lipinski definition) is 5. The monoisotopic (exact) mass is 399 g/mol. The maximum Gasteiger partial charge on any atom is 0.338 e. The van der Waals surface area contributed by atoms with Gasteiger partial charge in [0.15, 0.2) is 6.61 Å². The quantitative estimate of drug-likeness (QED) is 0.721. The number of nitrogens with zero attached hydrogens (tertiary/aromatic N) is 1. The van der Waals surface area contributed by atoms with Gasteiger partial charge in [-0.15, -0.1) is 0 Å². The Hall–Kier alpha value is -3.37. The second-order valence-electron chi connectivity index (χ2n) is 6.02. The first-order valence-corrected chi connectivity index (χ1v) is 8.68. The number of hydrogen-bond donors (Lipinski definition) is 2. The summed E-state index contributed by atoms with van der Waals surface area (Å²) < 4.78 is 5.00. The minimum Gasteiger partial charge on any atom is -0.452 e. The molecule has 0 saturated heterocycles. The third-order valence-corrected chi connectivity index (χ3v) is 3.97. The van der Waals surface area contributed by atoms with E-state index in [9.17, 15) is 14.4 Å². The van der Waals surface area contributed by atoms with E-state index in [1.165, 1.54) is 24.3 Å². The molecule has 2 rings (SSSR count). The molecular formula is C20H18ClN3O4. The number of carbonyl (C=O) groups excluding carboxylic acids is 3. The van der Waals surface area contributed by atoms with Gasteiger partial charge in [-0.3, -0.25) is 9.59 Å². The largest absolute Gasteiger partial charge is 0.452 e. The lowest BCUT2D eigenvalue weighted by Crippen LogP contribution is -2.21. The number of aryl methyl sites for hydroxylation is 2. The summed E-state index contributed by atoms with van der Waals surface area (Å²) in [7, 11) is 0. The minimum atomic E-state index is -0.684. The van der Waals surface area contributed by atoms with Gasteiger partial charge in [-0.05, 0) is 55.3 Å². The molecule has 144 valence electrons. The van der Waals surface area contributed by atoms with E-state index in [-0.39, 0.29) is 12.0 Å². The molecular weight excluding hydrogens is 382 g/mol. The van der Waals surface area contributed by atoms with Crippen molar-refractivity contribution in [1.82, 2.24) is 0 Å². The van der Waals surface area contributed by atoms with Gasteiger partial charge in [-0.25, -0.2) is 4.79 Å². The van der Waals surface area contributed by atoms with Gasteiger partial charge >= 0.3 is 5.97 Å². The average Bonchev–Trinajstić information content (AvgIpc) is 2.63. The van der Waals surface area contributed by atoms with Crippen molar-refractivity contribution in [3.63, 3.8) is 0 Å². The Labute approximate surface area is 167 Å². The van der Waals surface area contributed by atoms with Gasteiger partial charge in [0.05, 0.1) is 22.3 Å². The molecule has 2 N–H and O–H groups in total. The Bertz CT molecular complexity index is 926. The summed E-state index contributed by atoms with van der Waals surface area (Å²) in [6.45, 7) is 3.24. The van der Waals surface area contributed by atoms with E-state index in [4.69, 9.17) is 21.6 Å². The van der Waals surface area contributed by atoms with Crippen LogP contribution in [0.15, 0.2) is 36.4 Å². The molecule has 0 saturated carbocycles. The van der Waals surface area contributed by atoms with E-state index in [2.05, 4.69) is 10.6 Å². The van der Waals surface area contributed by atoms with Crippen LogP contribution in [0.5, 0.6) is 0 Å². The maximum absolute atomic E-state index is 12.1. The number of amides is 2.